The molecule has 0 aliphatic heterocycles. The molecule has 1 aromatic carbocycles. The van der Waals surface area contributed by atoms with Crippen molar-refractivity contribution < 1.29 is 4.79 Å². The number of hydrogen-bond donors (Lipinski definition) is 2. The Morgan fingerprint density at radius 3 is 2.60 bits per heavy atom. The van der Waals surface area contributed by atoms with Crippen molar-refractivity contribution in [2.24, 2.45) is 0 Å². The van der Waals surface area contributed by atoms with E-state index in [2.05, 4.69) is 10.2 Å². The van der Waals surface area contributed by atoms with E-state index in [-0.39, 0.29) is 5.91 Å². The average Bonchev–Trinajstić information content (AvgIpc) is 2.32. The fraction of sp³-hybridized carbons (Fsp3) is 0.500. The molecular formula is C14H23ClN4O. The Morgan fingerprint density at radius 1 is 1.30 bits per heavy atom. The van der Waals surface area contributed by atoms with Gasteiger partial charge in [-0.25, -0.2) is 0 Å². The number of amides is 1. The molecule has 1 aromatic rings. The van der Waals surface area contributed by atoms with Crippen LogP contribution in [0.2, 0.25) is 5.02 Å². The van der Waals surface area contributed by atoms with E-state index in [0.717, 1.165) is 19.5 Å². The van der Waals surface area contributed by atoms with Crippen LogP contribution in [0.15, 0.2) is 18.2 Å². The lowest BCUT2D eigenvalue weighted by Crippen LogP contribution is -2.32. The van der Waals surface area contributed by atoms with Gasteiger partial charge in [0, 0.05) is 5.69 Å². The van der Waals surface area contributed by atoms with E-state index in [9.17, 15) is 4.79 Å². The van der Waals surface area contributed by atoms with Gasteiger partial charge in [0.05, 0.1) is 17.3 Å². The molecule has 1 rings (SSSR count). The number of rotatable bonds is 7. The average molecular weight is 299 g/mol. The van der Waals surface area contributed by atoms with Crippen molar-refractivity contribution in [2.75, 3.05) is 51.8 Å². The van der Waals surface area contributed by atoms with Crippen LogP contribution in [0.5, 0.6) is 0 Å². The Bertz CT molecular complexity index is 451. The Hall–Kier alpha value is -1.30. The first-order valence-corrected chi connectivity index (χ1v) is 6.94. The normalized spacial score (nSPS) is 11.1. The first kappa shape index (κ1) is 16.8. The fourth-order valence-corrected chi connectivity index (χ4v) is 2.04. The van der Waals surface area contributed by atoms with E-state index < -0.39 is 0 Å². The second-order valence-electron chi connectivity index (χ2n) is 5.18. The van der Waals surface area contributed by atoms with Crippen molar-refractivity contribution in [1.29, 1.82) is 0 Å². The molecule has 0 fully saturated rings. The summed E-state index contributed by atoms with van der Waals surface area (Å²) in [5.41, 5.74) is 6.78. The molecule has 0 saturated carbocycles. The number of nitrogens with zero attached hydrogens (tertiary/aromatic N) is 2. The highest BCUT2D eigenvalue weighted by Crippen LogP contribution is 2.23. The van der Waals surface area contributed by atoms with E-state index in [1.165, 1.54) is 0 Å². The Morgan fingerprint density at radius 2 is 2.00 bits per heavy atom. The lowest BCUT2D eigenvalue weighted by atomic mass is 10.3. The maximum Gasteiger partial charge on any atom is 0.238 e. The standard InChI is InChI=1S/C14H23ClN4O/c1-18(2)7-4-8-19(3)10-14(20)17-13-6-5-11(16)9-12(13)15/h5-6,9H,4,7-8,10,16H2,1-3H3,(H,17,20). The summed E-state index contributed by atoms with van der Waals surface area (Å²) in [6.07, 6.45) is 1.03. The quantitative estimate of drug-likeness (QED) is 0.753. The third kappa shape index (κ3) is 6.23. The van der Waals surface area contributed by atoms with Crippen molar-refractivity contribution in [3.63, 3.8) is 0 Å². The number of anilines is 2. The van der Waals surface area contributed by atoms with Crippen LogP contribution in [-0.4, -0.2) is 56.5 Å². The number of likely N-dealkylation sites (N-methyl/N-ethyl adjacent to an activating group) is 1. The summed E-state index contributed by atoms with van der Waals surface area (Å²) in [7, 11) is 6.01. The van der Waals surface area contributed by atoms with Crippen LogP contribution in [-0.2, 0) is 4.79 Å². The van der Waals surface area contributed by atoms with Gasteiger partial charge in [-0.3, -0.25) is 9.69 Å². The van der Waals surface area contributed by atoms with E-state index in [1.54, 1.807) is 18.2 Å². The highest BCUT2D eigenvalue weighted by Gasteiger charge is 2.09. The van der Waals surface area contributed by atoms with Crippen LogP contribution in [0.3, 0.4) is 0 Å². The smallest absolute Gasteiger partial charge is 0.238 e. The van der Waals surface area contributed by atoms with Gasteiger partial charge in [-0.15, -0.1) is 0 Å². The number of nitrogens with two attached hydrogens (primary N) is 1. The zero-order valence-electron chi connectivity index (χ0n) is 12.3. The predicted molar refractivity (Wildman–Crippen MR) is 85.2 cm³/mol. The van der Waals surface area contributed by atoms with Gasteiger partial charge in [0.25, 0.3) is 0 Å². The lowest BCUT2D eigenvalue weighted by molar-refractivity contribution is -0.117. The van der Waals surface area contributed by atoms with Crippen LogP contribution >= 0.6 is 11.6 Å². The van der Waals surface area contributed by atoms with Crippen molar-refractivity contribution in [3.05, 3.63) is 23.2 Å². The number of hydrogen-bond acceptors (Lipinski definition) is 4. The second-order valence-corrected chi connectivity index (χ2v) is 5.59. The molecule has 0 aromatic heterocycles. The van der Waals surface area contributed by atoms with Crippen molar-refractivity contribution >= 4 is 28.9 Å². The number of halogens is 1. The maximum atomic E-state index is 11.9. The van der Waals surface area contributed by atoms with Gasteiger partial charge in [0.15, 0.2) is 0 Å². The van der Waals surface area contributed by atoms with Gasteiger partial charge in [-0.2, -0.15) is 0 Å². The molecular weight excluding hydrogens is 276 g/mol. The molecule has 0 heterocycles. The fourth-order valence-electron chi connectivity index (χ4n) is 1.80. The second kappa shape index (κ2) is 8.09. The molecule has 112 valence electrons. The number of benzene rings is 1. The topological polar surface area (TPSA) is 61.6 Å². The minimum Gasteiger partial charge on any atom is -0.399 e. The molecule has 0 atom stereocenters. The van der Waals surface area contributed by atoms with Gasteiger partial charge >= 0.3 is 0 Å². The molecule has 0 spiro atoms. The third-order valence-corrected chi connectivity index (χ3v) is 3.14. The maximum absolute atomic E-state index is 11.9. The summed E-state index contributed by atoms with van der Waals surface area (Å²) >= 11 is 6.01. The molecule has 0 unspecified atom stereocenters. The van der Waals surface area contributed by atoms with Crippen LogP contribution < -0.4 is 11.1 Å². The summed E-state index contributed by atoms with van der Waals surface area (Å²) in [5.74, 6) is -0.0796. The number of nitrogens with one attached hydrogen (secondary N) is 1. The van der Waals surface area contributed by atoms with Crippen LogP contribution in [0.25, 0.3) is 0 Å². The SMILES string of the molecule is CN(C)CCCN(C)CC(=O)Nc1ccc(N)cc1Cl. The predicted octanol–water partition coefficient (Wildman–Crippen LogP) is 1.74. The molecule has 6 heteroatoms. The highest BCUT2D eigenvalue weighted by atomic mass is 35.5. The van der Waals surface area contributed by atoms with Crippen LogP contribution in [0, 0.1) is 0 Å². The van der Waals surface area contributed by atoms with Gasteiger partial charge in [-0.1, -0.05) is 11.6 Å². The molecule has 20 heavy (non-hydrogen) atoms. The highest BCUT2D eigenvalue weighted by molar-refractivity contribution is 6.34. The Kier molecular flexibility index (Phi) is 6.78. The molecule has 0 aliphatic carbocycles. The van der Waals surface area contributed by atoms with Crippen molar-refractivity contribution in [2.45, 2.75) is 6.42 Å². The number of carbonyl (C=O) groups excluding carboxylic acids is 1. The summed E-state index contributed by atoms with van der Waals surface area (Å²) < 4.78 is 0. The summed E-state index contributed by atoms with van der Waals surface area (Å²) in [6.45, 7) is 2.23. The molecule has 5 nitrogen and oxygen atoms in total. The number of carbonyl (C=O) groups is 1. The molecule has 1 amide bonds. The first-order chi connectivity index (χ1) is 9.38. The summed E-state index contributed by atoms with van der Waals surface area (Å²) in [6, 6.07) is 5.04. The molecule has 0 radical (unpaired) electrons. The van der Waals surface area contributed by atoms with Crippen LogP contribution in [0.4, 0.5) is 11.4 Å². The molecule has 0 bridgehead atoms. The summed E-state index contributed by atoms with van der Waals surface area (Å²) in [4.78, 5) is 16.0. The van der Waals surface area contributed by atoms with Crippen molar-refractivity contribution in [3.8, 4) is 0 Å². The van der Waals surface area contributed by atoms with Gasteiger partial charge in [-0.05, 0) is 58.9 Å². The Labute approximate surface area is 125 Å². The van der Waals surface area contributed by atoms with Gasteiger partial charge in [0.1, 0.15) is 0 Å². The van der Waals surface area contributed by atoms with Gasteiger partial charge < -0.3 is 16.0 Å². The lowest BCUT2D eigenvalue weighted by Gasteiger charge is -2.18. The third-order valence-electron chi connectivity index (χ3n) is 2.83. The molecule has 0 aliphatic rings. The largest absolute Gasteiger partial charge is 0.399 e. The minimum absolute atomic E-state index is 0.0796. The monoisotopic (exact) mass is 298 g/mol. The minimum atomic E-state index is -0.0796. The zero-order chi connectivity index (χ0) is 15.1. The molecule has 3 N–H and O–H groups in total. The van der Waals surface area contributed by atoms with Crippen LogP contribution in [0.1, 0.15) is 6.42 Å². The zero-order valence-corrected chi connectivity index (χ0v) is 13.1. The van der Waals surface area contributed by atoms with Gasteiger partial charge in [0.2, 0.25) is 5.91 Å². The number of nitrogen functional groups attached to an aromatic ring is 1. The summed E-state index contributed by atoms with van der Waals surface area (Å²) in [5, 5.41) is 3.24. The van der Waals surface area contributed by atoms with E-state index >= 15 is 0 Å². The Balaban J connectivity index is 2.39. The first-order valence-electron chi connectivity index (χ1n) is 6.56. The van der Waals surface area contributed by atoms with E-state index in [1.807, 2.05) is 26.0 Å². The van der Waals surface area contributed by atoms with E-state index in [4.69, 9.17) is 17.3 Å². The van der Waals surface area contributed by atoms with E-state index in [0.29, 0.717) is 22.9 Å². The molecule has 0 saturated heterocycles. The van der Waals surface area contributed by atoms with Crippen molar-refractivity contribution in [1.82, 2.24) is 9.80 Å².